The predicted molar refractivity (Wildman–Crippen MR) is 183 cm³/mol. The van der Waals surface area contributed by atoms with Gasteiger partial charge in [-0.3, -0.25) is 14.5 Å². The van der Waals surface area contributed by atoms with Crippen LogP contribution in [0.15, 0.2) is 67.9 Å². The second kappa shape index (κ2) is 16.5. The van der Waals surface area contributed by atoms with E-state index in [1.807, 2.05) is 36.0 Å². The van der Waals surface area contributed by atoms with E-state index in [1.54, 1.807) is 0 Å². The number of oxime groups is 1. The van der Waals surface area contributed by atoms with Crippen LogP contribution in [0.25, 0.3) is 11.3 Å². The quantitative estimate of drug-likeness (QED) is 0.0271. The summed E-state index contributed by atoms with van der Waals surface area (Å²) in [6.07, 6.45) is 3.86. The van der Waals surface area contributed by atoms with Crippen molar-refractivity contribution in [1.82, 2.24) is 20.4 Å². The number of aromatic nitrogens is 3. The van der Waals surface area contributed by atoms with Crippen molar-refractivity contribution in [2.75, 3.05) is 17.2 Å². The number of nitrogens with two attached hydrogens (primary N) is 1. The number of β-lactam (4-membered cyclic amide) rings is 1. The van der Waals surface area contributed by atoms with Gasteiger partial charge in [-0.05, 0) is 18.6 Å². The van der Waals surface area contributed by atoms with Crippen molar-refractivity contribution in [2.24, 2.45) is 5.16 Å². The van der Waals surface area contributed by atoms with Gasteiger partial charge in [-0.15, -0.1) is 34.9 Å². The van der Waals surface area contributed by atoms with Gasteiger partial charge in [0.05, 0.1) is 21.7 Å². The summed E-state index contributed by atoms with van der Waals surface area (Å²) in [4.78, 5) is 50.6. The average Bonchev–Trinajstić information content (AvgIpc) is 3.77. The maximum absolute atomic E-state index is 13.5. The Hall–Kier alpha value is -3.49. The van der Waals surface area contributed by atoms with E-state index in [4.69, 9.17) is 38.3 Å². The van der Waals surface area contributed by atoms with Crippen LogP contribution in [-0.4, -0.2) is 71.7 Å². The molecule has 2 amide bonds. The standard InChI is InChI=1S/C30H25Cl2N7O8S3.Na/c1-2-38-5-3-15(4-6-38)48-10-13-11-49-28-22(27(43)39(28)23(13)29(44)45)35-26(42)21(19-12-50-30(33)34-19)37-46-9-14-7-18(36-47-14)16-8-17(31)24(40)25(41)20(16)32;/h3-8,12,22,28H,2,9-11H2,1H3,(H5-,33,34,35,36,37,40,41,42,44,45);/q;+1/t22-,28-;/m1./s1. The molecule has 3 aromatic heterocycles. The summed E-state index contributed by atoms with van der Waals surface area (Å²) in [6.45, 7) is 2.52. The van der Waals surface area contributed by atoms with Crippen LogP contribution in [0.2, 0.25) is 10.0 Å². The molecule has 2 atom stereocenters. The minimum atomic E-state index is -1.47. The van der Waals surface area contributed by atoms with Gasteiger partial charge in [0.25, 0.3) is 11.8 Å². The summed E-state index contributed by atoms with van der Waals surface area (Å²) in [6, 6.07) is 5.52. The number of nitrogens with one attached hydrogen (secondary N) is 1. The Morgan fingerprint density at radius 1 is 1.27 bits per heavy atom. The van der Waals surface area contributed by atoms with E-state index in [0.29, 0.717) is 17.1 Å². The Kier molecular flexibility index (Phi) is 12.5. The first kappa shape index (κ1) is 38.7. The number of phenols is 2. The van der Waals surface area contributed by atoms with E-state index < -0.39 is 40.7 Å². The molecular formula is C30H25Cl2N7NaO8S3+. The van der Waals surface area contributed by atoms with Gasteiger partial charge >= 0.3 is 29.6 Å². The van der Waals surface area contributed by atoms with Crippen molar-refractivity contribution in [3.8, 4) is 22.8 Å². The molecule has 0 radical (unpaired) electrons. The molecule has 5 N–H and O–H groups in total. The van der Waals surface area contributed by atoms with Gasteiger partial charge in [0.2, 0.25) is 0 Å². The maximum atomic E-state index is 13.5. The van der Waals surface area contributed by atoms with Crippen LogP contribution in [0.1, 0.15) is 18.4 Å². The number of fused-ring (bicyclic) bond motifs is 1. The number of nitrogen functional groups attached to an aromatic ring is 1. The number of carboxylic acids is 1. The molecular weight excluding hydrogens is 776 g/mol. The average molecular weight is 802 g/mol. The predicted octanol–water partition coefficient (Wildman–Crippen LogP) is -0.473. The SMILES string of the molecule is CC[n+]1ccc(SCC2=C(C(=O)[O-])N3C(=O)[C@@H](NC(=O)/C(=N\OCc4cc(-c5cc(Cl)c(O)c(O)c5Cl)no4)c4csc(N)n4)[C@H]3SC2)cc1.[Na+]. The van der Waals surface area contributed by atoms with E-state index in [9.17, 15) is 29.7 Å². The van der Waals surface area contributed by atoms with Crippen molar-refractivity contribution in [3.05, 3.63) is 74.8 Å². The third-order valence-electron chi connectivity index (χ3n) is 7.51. The van der Waals surface area contributed by atoms with Crippen LogP contribution in [0, 0.1) is 0 Å². The van der Waals surface area contributed by atoms with Gasteiger partial charge in [0, 0.05) is 45.5 Å². The maximum Gasteiger partial charge on any atom is 1.00 e. The Morgan fingerprint density at radius 2 is 2.02 bits per heavy atom. The number of nitrogens with zero attached hydrogens (tertiary/aromatic N) is 5. The largest absolute Gasteiger partial charge is 1.00 e. The van der Waals surface area contributed by atoms with Gasteiger partial charge in [-0.2, -0.15) is 0 Å². The molecule has 1 fully saturated rings. The fourth-order valence-corrected chi connectivity index (χ4v) is 8.33. The van der Waals surface area contributed by atoms with Crippen LogP contribution in [0.5, 0.6) is 11.5 Å². The Bertz CT molecular complexity index is 2060. The number of thioether (sulfide) groups is 2. The summed E-state index contributed by atoms with van der Waals surface area (Å²) >= 11 is 15.9. The monoisotopic (exact) mass is 800 g/mol. The zero-order chi connectivity index (χ0) is 35.7. The van der Waals surface area contributed by atoms with Crippen molar-refractivity contribution in [1.29, 1.82) is 0 Å². The second-order valence-corrected chi connectivity index (χ2v) is 14.5. The number of thiazole rings is 1. The Balaban J connectivity index is 0.00000504. The number of amides is 2. The number of pyridine rings is 1. The van der Waals surface area contributed by atoms with Gasteiger partial charge in [-0.1, -0.05) is 33.5 Å². The minimum absolute atomic E-state index is 0. The number of anilines is 1. The minimum Gasteiger partial charge on any atom is -0.543 e. The number of halogens is 2. The number of aryl methyl sites for hydroxylation is 1. The van der Waals surface area contributed by atoms with E-state index in [0.717, 1.165) is 27.7 Å². The van der Waals surface area contributed by atoms with E-state index in [2.05, 4.69) is 20.6 Å². The third kappa shape index (κ3) is 8.12. The Labute approximate surface area is 334 Å². The van der Waals surface area contributed by atoms with Crippen molar-refractivity contribution >= 4 is 86.7 Å². The smallest absolute Gasteiger partial charge is 0.543 e. The zero-order valence-corrected chi connectivity index (χ0v) is 32.6. The number of hydrogen-bond acceptors (Lipinski definition) is 15. The molecule has 0 unspecified atom stereocenters. The molecule has 0 spiro atoms. The number of carbonyl (C=O) groups is 3. The van der Waals surface area contributed by atoms with Crippen molar-refractivity contribution < 1.29 is 73.2 Å². The first-order chi connectivity index (χ1) is 24.0. The normalized spacial score (nSPS) is 17.0. The van der Waals surface area contributed by atoms with Crippen LogP contribution >= 0.6 is 58.1 Å². The van der Waals surface area contributed by atoms with E-state index in [-0.39, 0.29) is 85.5 Å². The topological polar surface area (TPSA) is 220 Å². The summed E-state index contributed by atoms with van der Waals surface area (Å²) in [5.41, 5.74) is 6.24. The molecule has 51 heavy (non-hydrogen) atoms. The number of aliphatic carboxylic acids is 1. The molecule has 5 heterocycles. The molecule has 21 heteroatoms. The number of carboxylic acid groups (broad SMARTS) is 1. The molecule has 4 aromatic rings. The fourth-order valence-electron chi connectivity index (χ4n) is 4.97. The molecule has 1 aromatic carbocycles. The fraction of sp³-hybridized carbons (Fsp3) is 0.233. The second-order valence-electron chi connectivity index (χ2n) is 10.6. The number of hydrogen-bond donors (Lipinski definition) is 4. The number of carbonyl (C=O) groups excluding carboxylic acids is 3. The molecule has 15 nitrogen and oxygen atoms in total. The number of rotatable bonds is 12. The number of benzene rings is 1. The summed E-state index contributed by atoms with van der Waals surface area (Å²) in [5.74, 6) is -3.34. The first-order valence-electron chi connectivity index (χ1n) is 14.5. The van der Waals surface area contributed by atoms with Gasteiger partial charge in [0.1, 0.15) is 29.3 Å². The molecule has 0 aliphatic carbocycles. The molecule has 2 aliphatic heterocycles. The summed E-state index contributed by atoms with van der Waals surface area (Å²) < 4.78 is 7.26. The molecule has 1 saturated heterocycles. The van der Waals surface area contributed by atoms with E-state index >= 15 is 0 Å². The Morgan fingerprint density at radius 3 is 2.69 bits per heavy atom. The molecule has 2 aliphatic rings. The number of phenolic OH excluding ortho intramolecular Hbond substituents is 2. The molecule has 0 bridgehead atoms. The van der Waals surface area contributed by atoms with Crippen molar-refractivity contribution in [3.63, 3.8) is 0 Å². The van der Waals surface area contributed by atoms with Crippen LogP contribution in [0.4, 0.5) is 5.13 Å². The van der Waals surface area contributed by atoms with Gasteiger partial charge in [0.15, 0.2) is 47.1 Å². The first-order valence-corrected chi connectivity index (χ1v) is 18.2. The molecule has 260 valence electrons. The third-order valence-corrected chi connectivity index (χ3v) is 11.3. The van der Waals surface area contributed by atoms with E-state index in [1.165, 1.54) is 41.0 Å². The van der Waals surface area contributed by atoms with Crippen LogP contribution < -0.4 is 50.3 Å². The number of aromatic hydroxyl groups is 2. The van der Waals surface area contributed by atoms with Crippen LogP contribution in [-0.2, 0) is 32.4 Å². The van der Waals surface area contributed by atoms with Crippen LogP contribution in [0.3, 0.4) is 0 Å². The zero-order valence-electron chi connectivity index (χ0n) is 26.7. The van der Waals surface area contributed by atoms with Gasteiger partial charge < -0.3 is 40.5 Å². The van der Waals surface area contributed by atoms with Crippen molar-refractivity contribution in [2.45, 2.75) is 36.4 Å². The van der Waals surface area contributed by atoms with Gasteiger partial charge in [-0.25, -0.2) is 9.55 Å². The molecule has 0 saturated carbocycles. The molecule has 6 rings (SSSR count). The summed E-state index contributed by atoms with van der Waals surface area (Å²) in [7, 11) is 0. The summed E-state index contributed by atoms with van der Waals surface area (Å²) in [5, 5.41) is 43.0.